The van der Waals surface area contributed by atoms with Gasteiger partial charge in [0.25, 0.3) is 0 Å². The van der Waals surface area contributed by atoms with Crippen molar-refractivity contribution in [3.05, 3.63) is 193 Å². The number of fused-ring (bicyclic) bond motifs is 8. The molecular weight excluding hydrogens is 687 g/mol. The van der Waals surface area contributed by atoms with Gasteiger partial charge in [-0.3, -0.25) is 0 Å². The summed E-state index contributed by atoms with van der Waals surface area (Å²) in [5.41, 5.74) is 8.81. The molecule has 260 valence electrons. The molecule has 0 amide bonds. The van der Waals surface area contributed by atoms with Gasteiger partial charge >= 0.3 is 0 Å². The lowest BCUT2D eigenvalue weighted by atomic mass is 9.90. The molecule has 0 saturated heterocycles. The Balaban J connectivity index is 1.18. The molecule has 0 aliphatic carbocycles. The summed E-state index contributed by atoms with van der Waals surface area (Å²) in [6.45, 7) is 2.32. The zero-order valence-corrected chi connectivity index (χ0v) is 31.1. The van der Waals surface area contributed by atoms with E-state index in [1.54, 1.807) is 0 Å². The van der Waals surface area contributed by atoms with E-state index in [1.807, 2.05) is 11.3 Å². The smallest absolute Gasteiger partial charge is 0.160 e. The van der Waals surface area contributed by atoms with Crippen LogP contribution in [0.3, 0.4) is 0 Å². The molecular formula is C51H35N3S. The molecule has 0 bridgehead atoms. The first kappa shape index (κ1) is 31.9. The van der Waals surface area contributed by atoms with Crippen molar-refractivity contribution in [1.29, 1.82) is 0 Å². The number of thiophene rings is 1. The van der Waals surface area contributed by atoms with Crippen LogP contribution in [0.1, 0.15) is 30.0 Å². The average molecular weight is 722 g/mol. The Morgan fingerprint density at radius 3 is 2.05 bits per heavy atom. The number of rotatable bonds is 4. The van der Waals surface area contributed by atoms with Crippen molar-refractivity contribution in [3.8, 4) is 5.69 Å². The number of hydrogen-bond donors (Lipinski definition) is 0. The normalized spacial score (nSPS) is 16.0. The van der Waals surface area contributed by atoms with E-state index in [0.717, 1.165) is 46.0 Å². The Hall–Kier alpha value is -6.62. The van der Waals surface area contributed by atoms with Crippen molar-refractivity contribution in [2.24, 2.45) is 15.9 Å². The third kappa shape index (κ3) is 5.32. The van der Waals surface area contributed by atoms with Crippen molar-refractivity contribution in [2.75, 3.05) is 0 Å². The molecule has 2 aromatic heterocycles. The second kappa shape index (κ2) is 12.8. The highest BCUT2D eigenvalue weighted by Gasteiger charge is 2.24. The molecule has 3 heterocycles. The molecule has 0 fully saturated rings. The first-order chi connectivity index (χ1) is 27.2. The van der Waals surface area contributed by atoms with Gasteiger partial charge in [0.2, 0.25) is 0 Å². The van der Waals surface area contributed by atoms with Crippen LogP contribution < -0.4 is 0 Å². The summed E-state index contributed by atoms with van der Waals surface area (Å²) in [6.07, 6.45) is 3.12. The van der Waals surface area contributed by atoms with Crippen molar-refractivity contribution >= 4 is 92.1 Å². The van der Waals surface area contributed by atoms with Crippen LogP contribution in [0.5, 0.6) is 0 Å². The molecule has 0 spiro atoms. The summed E-state index contributed by atoms with van der Waals surface area (Å²) in [5, 5.41) is 9.95. The monoisotopic (exact) mass is 721 g/mol. The van der Waals surface area contributed by atoms with Gasteiger partial charge in [-0.25, -0.2) is 9.98 Å². The zero-order valence-electron chi connectivity index (χ0n) is 30.3. The maximum Gasteiger partial charge on any atom is 0.160 e. The second-order valence-electron chi connectivity index (χ2n) is 14.6. The summed E-state index contributed by atoms with van der Waals surface area (Å²) in [4.78, 5) is 11.0. The molecule has 8 aromatic carbocycles. The van der Waals surface area contributed by atoms with Gasteiger partial charge in [0.1, 0.15) is 0 Å². The molecule has 1 aliphatic rings. The SMILES string of the molecule is CC1C/C=C(\c2ccc3ccccc3c2)N=C(c2ccccc2)N=C1c1cc(-n2c3ccccc3c3cc4ccccc4cc32)cc2sc3ccccc3c12. The van der Waals surface area contributed by atoms with Gasteiger partial charge in [-0.05, 0) is 70.4 Å². The molecule has 55 heavy (non-hydrogen) atoms. The number of hydrogen-bond acceptors (Lipinski definition) is 3. The minimum Gasteiger partial charge on any atom is -0.309 e. The van der Waals surface area contributed by atoms with E-state index < -0.39 is 0 Å². The van der Waals surface area contributed by atoms with Crippen LogP contribution in [0.25, 0.3) is 74.9 Å². The number of allylic oxidation sites excluding steroid dienone is 1. The highest BCUT2D eigenvalue weighted by atomic mass is 32.1. The highest BCUT2D eigenvalue weighted by Crippen LogP contribution is 2.42. The van der Waals surface area contributed by atoms with Crippen LogP contribution in [-0.2, 0) is 0 Å². The maximum atomic E-state index is 5.64. The van der Waals surface area contributed by atoms with Gasteiger partial charge in [-0.2, -0.15) is 0 Å². The third-order valence-electron chi connectivity index (χ3n) is 11.2. The number of amidine groups is 1. The lowest BCUT2D eigenvalue weighted by molar-refractivity contribution is 0.791. The summed E-state index contributed by atoms with van der Waals surface area (Å²) in [5.74, 6) is 0.840. The van der Waals surface area contributed by atoms with Gasteiger partial charge in [-0.15, -0.1) is 11.3 Å². The first-order valence-corrected chi connectivity index (χ1v) is 19.8. The predicted octanol–water partition coefficient (Wildman–Crippen LogP) is 13.8. The molecule has 3 nitrogen and oxygen atoms in total. The third-order valence-corrected chi connectivity index (χ3v) is 12.3. The van der Waals surface area contributed by atoms with E-state index >= 15 is 0 Å². The van der Waals surface area contributed by atoms with E-state index in [-0.39, 0.29) is 5.92 Å². The summed E-state index contributed by atoms with van der Waals surface area (Å²) >= 11 is 1.86. The molecule has 10 aromatic rings. The largest absolute Gasteiger partial charge is 0.309 e. The molecule has 0 N–H and O–H groups in total. The van der Waals surface area contributed by atoms with Gasteiger partial charge in [0, 0.05) is 59.2 Å². The van der Waals surface area contributed by atoms with Crippen molar-refractivity contribution in [2.45, 2.75) is 13.3 Å². The topological polar surface area (TPSA) is 29.6 Å². The lowest BCUT2D eigenvalue weighted by Gasteiger charge is -2.20. The van der Waals surface area contributed by atoms with Gasteiger partial charge in [-0.1, -0.05) is 140 Å². The van der Waals surface area contributed by atoms with Gasteiger partial charge < -0.3 is 4.57 Å². The average Bonchev–Trinajstić information content (AvgIpc) is 3.77. The number of aliphatic imine (C=N–C) groups is 2. The van der Waals surface area contributed by atoms with Crippen molar-refractivity contribution in [3.63, 3.8) is 0 Å². The van der Waals surface area contributed by atoms with Crippen LogP contribution >= 0.6 is 11.3 Å². The fourth-order valence-corrected chi connectivity index (χ4v) is 9.65. The predicted molar refractivity (Wildman–Crippen MR) is 236 cm³/mol. The summed E-state index contributed by atoms with van der Waals surface area (Å²) in [6, 6.07) is 61.4. The maximum absolute atomic E-state index is 5.64. The second-order valence-corrected chi connectivity index (χ2v) is 15.7. The van der Waals surface area contributed by atoms with Crippen LogP contribution in [-0.4, -0.2) is 16.1 Å². The first-order valence-electron chi connectivity index (χ1n) is 19.0. The van der Waals surface area contributed by atoms with Crippen molar-refractivity contribution < 1.29 is 0 Å². The molecule has 1 aliphatic heterocycles. The minimum absolute atomic E-state index is 0.115. The summed E-state index contributed by atoms with van der Waals surface area (Å²) < 4.78 is 4.99. The van der Waals surface area contributed by atoms with E-state index in [4.69, 9.17) is 9.98 Å². The Morgan fingerprint density at radius 2 is 1.22 bits per heavy atom. The van der Waals surface area contributed by atoms with E-state index in [2.05, 4.69) is 187 Å². The molecule has 1 atom stereocenters. The number of para-hydroxylation sites is 1. The quantitative estimate of drug-likeness (QED) is 0.173. The molecule has 0 saturated carbocycles. The van der Waals surface area contributed by atoms with E-state index in [9.17, 15) is 0 Å². The number of aromatic nitrogens is 1. The molecule has 0 radical (unpaired) electrons. The number of nitrogens with zero attached hydrogens (tertiary/aromatic N) is 3. The Morgan fingerprint density at radius 1 is 0.527 bits per heavy atom. The fraction of sp³-hybridized carbons (Fsp3) is 0.0588. The fourth-order valence-electron chi connectivity index (χ4n) is 8.49. The molecule has 4 heteroatoms. The van der Waals surface area contributed by atoms with E-state index in [1.165, 1.54) is 63.5 Å². The van der Waals surface area contributed by atoms with Crippen LogP contribution in [0, 0.1) is 5.92 Å². The Kier molecular flexibility index (Phi) is 7.39. The Bertz CT molecular complexity index is 3250. The standard InChI is InChI=1S/C51H35N3S/c1-32-23-26-44(38-25-24-33-13-5-6-16-35(33)27-38)52-51(34-14-3-2-4-15-34)53-50(32)43-30-39(31-48-49(43)41-20-10-12-22-47(41)55-48)54-45-21-11-9-19-40(45)42-28-36-17-7-8-18-37(36)29-46(42)54/h2-22,24-32H,23H2,1H3/b44-26+,52-51?,53-50?. The van der Waals surface area contributed by atoms with Crippen LogP contribution in [0.2, 0.25) is 0 Å². The minimum atomic E-state index is 0.115. The highest BCUT2D eigenvalue weighted by molar-refractivity contribution is 7.25. The van der Waals surface area contributed by atoms with Crippen LogP contribution in [0.15, 0.2) is 186 Å². The van der Waals surface area contributed by atoms with Crippen molar-refractivity contribution in [1.82, 2.24) is 4.57 Å². The summed E-state index contributed by atoms with van der Waals surface area (Å²) in [7, 11) is 0. The van der Waals surface area contributed by atoms with E-state index in [0.29, 0.717) is 0 Å². The van der Waals surface area contributed by atoms with Gasteiger partial charge in [0.15, 0.2) is 5.84 Å². The number of benzene rings is 8. The zero-order chi connectivity index (χ0) is 36.5. The molecule has 1 unspecified atom stereocenters. The lowest BCUT2D eigenvalue weighted by Crippen LogP contribution is -2.18. The van der Waals surface area contributed by atoms with Crippen LogP contribution in [0.4, 0.5) is 0 Å². The Labute approximate surface area is 322 Å². The van der Waals surface area contributed by atoms with Gasteiger partial charge in [0.05, 0.1) is 22.4 Å². The molecule has 11 rings (SSSR count).